The zero-order valence-electron chi connectivity index (χ0n) is 10.8. The molecule has 0 saturated heterocycles. The van der Waals surface area contributed by atoms with E-state index in [0.29, 0.717) is 0 Å². The summed E-state index contributed by atoms with van der Waals surface area (Å²) in [6.07, 6.45) is 0.0238. The van der Waals surface area contributed by atoms with Gasteiger partial charge in [-0.05, 0) is 26.0 Å². The number of para-hydroxylation sites is 1. The lowest BCUT2D eigenvalue weighted by molar-refractivity contribution is -0.136. The molecule has 0 bridgehead atoms. The molecule has 4 nitrogen and oxygen atoms in total. The average molecular weight is 247 g/mol. The molecule has 0 unspecified atom stereocenters. The van der Waals surface area contributed by atoms with E-state index in [0.717, 1.165) is 22.3 Å². The number of carboxylic acid groups (broad SMARTS) is 1. The number of carbonyl (C=O) groups is 1. The van der Waals surface area contributed by atoms with Crippen LogP contribution in [0.5, 0.6) is 5.75 Å². The van der Waals surface area contributed by atoms with Crippen LogP contribution in [0.15, 0.2) is 24.3 Å². The van der Waals surface area contributed by atoms with E-state index in [2.05, 4.69) is 0 Å². The van der Waals surface area contributed by atoms with Gasteiger partial charge in [-0.1, -0.05) is 12.1 Å². The number of benzene rings is 1. The zero-order chi connectivity index (χ0) is 13.3. The third-order valence-corrected chi connectivity index (χ3v) is 2.97. The van der Waals surface area contributed by atoms with Gasteiger partial charge in [-0.2, -0.15) is 0 Å². The highest BCUT2D eigenvalue weighted by atomic mass is 16.5. The van der Waals surface area contributed by atoms with Crippen molar-refractivity contribution < 1.29 is 14.6 Å². The minimum Gasteiger partial charge on any atom is -0.495 e. The molecule has 0 saturated carbocycles. The smallest absolute Gasteiger partial charge is 0.309 e. The number of hydrogen-bond acceptors (Lipinski definition) is 2. The molecule has 0 fully saturated rings. The standard InChI is InChI=1S/C14H17NO3/c1-9(2)15-11(8-13(16)17)7-10-5-4-6-12(18-3)14(10)15/h4-7,9H,8H2,1-3H3,(H,16,17). The number of nitrogens with zero attached hydrogens (tertiary/aromatic N) is 1. The molecule has 4 heteroatoms. The van der Waals surface area contributed by atoms with Crippen molar-refractivity contribution in [3.05, 3.63) is 30.0 Å². The van der Waals surface area contributed by atoms with Gasteiger partial charge in [0, 0.05) is 17.1 Å². The molecule has 96 valence electrons. The molecule has 0 amide bonds. The highest BCUT2D eigenvalue weighted by Gasteiger charge is 2.16. The molecule has 1 aromatic heterocycles. The van der Waals surface area contributed by atoms with Crippen LogP contribution in [0.1, 0.15) is 25.6 Å². The van der Waals surface area contributed by atoms with Gasteiger partial charge in [-0.15, -0.1) is 0 Å². The van der Waals surface area contributed by atoms with E-state index in [1.165, 1.54) is 0 Å². The summed E-state index contributed by atoms with van der Waals surface area (Å²) in [6, 6.07) is 7.89. The first-order chi connectivity index (χ1) is 8.54. The topological polar surface area (TPSA) is 51.5 Å². The first-order valence-electron chi connectivity index (χ1n) is 5.93. The Labute approximate surface area is 106 Å². The number of rotatable bonds is 4. The monoisotopic (exact) mass is 247 g/mol. The molecule has 1 heterocycles. The van der Waals surface area contributed by atoms with Crippen molar-refractivity contribution >= 4 is 16.9 Å². The molecular formula is C14H17NO3. The molecule has 0 aliphatic rings. The predicted molar refractivity (Wildman–Crippen MR) is 70.2 cm³/mol. The summed E-state index contributed by atoms with van der Waals surface area (Å²) >= 11 is 0. The fourth-order valence-electron chi connectivity index (χ4n) is 2.35. The van der Waals surface area contributed by atoms with Gasteiger partial charge in [0.1, 0.15) is 5.75 Å². The third kappa shape index (κ3) is 2.06. The largest absolute Gasteiger partial charge is 0.495 e. The lowest BCUT2D eigenvalue weighted by Crippen LogP contribution is -2.10. The van der Waals surface area contributed by atoms with Crippen LogP contribution in [-0.2, 0) is 11.2 Å². The van der Waals surface area contributed by atoms with Crippen molar-refractivity contribution in [3.8, 4) is 5.75 Å². The molecule has 1 aromatic carbocycles. The molecule has 2 aromatic rings. The van der Waals surface area contributed by atoms with Gasteiger partial charge in [0.25, 0.3) is 0 Å². The van der Waals surface area contributed by atoms with Gasteiger partial charge in [0.15, 0.2) is 0 Å². The average Bonchev–Trinajstić information content (AvgIpc) is 2.65. The van der Waals surface area contributed by atoms with Gasteiger partial charge in [0.2, 0.25) is 0 Å². The summed E-state index contributed by atoms with van der Waals surface area (Å²) in [5, 5.41) is 9.99. The lowest BCUT2D eigenvalue weighted by Gasteiger charge is -2.15. The number of aliphatic carboxylic acids is 1. The van der Waals surface area contributed by atoms with Crippen molar-refractivity contribution in [2.45, 2.75) is 26.3 Å². The number of carboxylic acids is 1. The van der Waals surface area contributed by atoms with Gasteiger partial charge >= 0.3 is 5.97 Å². The first kappa shape index (κ1) is 12.5. The first-order valence-corrected chi connectivity index (χ1v) is 5.93. The Morgan fingerprint density at radius 3 is 2.72 bits per heavy atom. The van der Waals surface area contributed by atoms with E-state index < -0.39 is 5.97 Å². The Morgan fingerprint density at radius 1 is 1.44 bits per heavy atom. The van der Waals surface area contributed by atoms with Crippen molar-refractivity contribution in [2.75, 3.05) is 7.11 Å². The molecule has 2 rings (SSSR count). The van der Waals surface area contributed by atoms with Crippen LogP contribution in [0.3, 0.4) is 0 Å². The van der Waals surface area contributed by atoms with Crippen LogP contribution in [0.4, 0.5) is 0 Å². The summed E-state index contributed by atoms with van der Waals surface area (Å²) < 4.78 is 7.40. The second-order valence-electron chi connectivity index (χ2n) is 4.57. The fourth-order valence-corrected chi connectivity index (χ4v) is 2.35. The van der Waals surface area contributed by atoms with E-state index in [4.69, 9.17) is 9.84 Å². The number of methoxy groups -OCH3 is 1. The minimum absolute atomic E-state index is 0.0238. The van der Waals surface area contributed by atoms with Gasteiger partial charge < -0.3 is 14.4 Å². The molecule has 0 aliphatic heterocycles. The fraction of sp³-hybridized carbons (Fsp3) is 0.357. The summed E-state index contributed by atoms with van der Waals surface area (Å²) in [6.45, 7) is 4.08. The Balaban J connectivity index is 2.72. The normalized spacial score (nSPS) is 11.1. The molecule has 0 radical (unpaired) electrons. The Morgan fingerprint density at radius 2 is 2.17 bits per heavy atom. The minimum atomic E-state index is -0.821. The SMILES string of the molecule is COc1cccc2cc(CC(=O)O)n(C(C)C)c12. The summed E-state index contributed by atoms with van der Waals surface area (Å²) in [5.41, 5.74) is 1.77. The van der Waals surface area contributed by atoms with Crippen LogP contribution in [0.25, 0.3) is 10.9 Å². The van der Waals surface area contributed by atoms with Crippen molar-refractivity contribution in [2.24, 2.45) is 0 Å². The van der Waals surface area contributed by atoms with Crippen LogP contribution < -0.4 is 4.74 Å². The van der Waals surface area contributed by atoms with Crippen molar-refractivity contribution in [3.63, 3.8) is 0 Å². The summed E-state index contributed by atoms with van der Waals surface area (Å²) in [5.74, 6) is -0.0449. The quantitative estimate of drug-likeness (QED) is 0.903. The molecule has 0 atom stereocenters. The van der Waals surface area contributed by atoms with Crippen molar-refractivity contribution in [1.82, 2.24) is 4.57 Å². The van der Waals surface area contributed by atoms with E-state index in [1.54, 1.807) is 7.11 Å². The van der Waals surface area contributed by atoms with Crippen LogP contribution in [0, 0.1) is 0 Å². The second kappa shape index (κ2) is 4.72. The molecule has 0 aliphatic carbocycles. The second-order valence-corrected chi connectivity index (χ2v) is 4.57. The summed E-state index contributed by atoms with van der Waals surface area (Å²) in [4.78, 5) is 10.9. The van der Waals surface area contributed by atoms with Crippen LogP contribution in [0.2, 0.25) is 0 Å². The molecule has 0 spiro atoms. The maximum absolute atomic E-state index is 10.9. The summed E-state index contributed by atoms with van der Waals surface area (Å²) in [7, 11) is 1.63. The Hall–Kier alpha value is -1.97. The van der Waals surface area contributed by atoms with E-state index in [1.807, 2.05) is 42.7 Å². The highest BCUT2D eigenvalue weighted by molar-refractivity contribution is 5.88. The molecule has 18 heavy (non-hydrogen) atoms. The van der Waals surface area contributed by atoms with E-state index in [-0.39, 0.29) is 12.5 Å². The molecular weight excluding hydrogens is 230 g/mol. The van der Waals surface area contributed by atoms with Crippen molar-refractivity contribution in [1.29, 1.82) is 0 Å². The number of hydrogen-bond donors (Lipinski definition) is 1. The molecule has 1 N–H and O–H groups in total. The van der Waals surface area contributed by atoms with Gasteiger partial charge in [-0.25, -0.2) is 0 Å². The van der Waals surface area contributed by atoms with Crippen LogP contribution in [-0.4, -0.2) is 22.8 Å². The number of aromatic nitrogens is 1. The Bertz CT molecular complexity index is 584. The zero-order valence-corrected chi connectivity index (χ0v) is 10.8. The number of fused-ring (bicyclic) bond motifs is 1. The van der Waals surface area contributed by atoms with E-state index >= 15 is 0 Å². The Kier molecular flexibility index (Phi) is 3.28. The maximum atomic E-state index is 10.9. The predicted octanol–water partition coefficient (Wildman–Crippen LogP) is 2.86. The maximum Gasteiger partial charge on any atom is 0.309 e. The van der Waals surface area contributed by atoms with E-state index in [9.17, 15) is 4.79 Å². The van der Waals surface area contributed by atoms with Gasteiger partial charge in [0.05, 0.1) is 19.0 Å². The lowest BCUT2D eigenvalue weighted by atomic mass is 10.2. The van der Waals surface area contributed by atoms with Gasteiger partial charge in [-0.3, -0.25) is 4.79 Å². The third-order valence-electron chi connectivity index (χ3n) is 2.97. The number of ether oxygens (including phenoxy) is 1. The highest BCUT2D eigenvalue weighted by Crippen LogP contribution is 2.31. The van der Waals surface area contributed by atoms with Crippen LogP contribution >= 0.6 is 0 Å².